The molecule has 0 unspecified atom stereocenters. The summed E-state index contributed by atoms with van der Waals surface area (Å²) in [5.74, 6) is -1.58. The van der Waals surface area contributed by atoms with Crippen molar-refractivity contribution in [2.75, 3.05) is 59.0 Å². The van der Waals surface area contributed by atoms with E-state index in [0.717, 1.165) is 17.5 Å². The Morgan fingerprint density at radius 2 is 1.64 bits per heavy atom. The highest BCUT2D eigenvalue weighted by atomic mass is 35.5. The average Bonchev–Trinajstić information content (AvgIpc) is 3.20. The van der Waals surface area contributed by atoms with Gasteiger partial charge in [0.25, 0.3) is 17.4 Å². The van der Waals surface area contributed by atoms with E-state index < -0.39 is 17.6 Å². The smallest absolute Gasteiger partial charge is 0.272 e. The van der Waals surface area contributed by atoms with Gasteiger partial charge in [-0.15, -0.1) is 0 Å². The number of carbonyl (C=O) groups excluding carboxylic acids is 3. The van der Waals surface area contributed by atoms with Gasteiger partial charge in [0.2, 0.25) is 5.91 Å². The van der Waals surface area contributed by atoms with Crippen molar-refractivity contribution in [2.24, 2.45) is 0 Å². The lowest BCUT2D eigenvalue weighted by Gasteiger charge is -2.35. The second-order valence-electron chi connectivity index (χ2n) is 12.9. The minimum Gasteiger partial charge on any atom is -0.378 e. The van der Waals surface area contributed by atoms with Gasteiger partial charge in [-0.2, -0.15) is 5.10 Å². The number of nitrogens with zero attached hydrogens (tertiary/aromatic N) is 4. The first kappa shape index (κ1) is 40.7. The molecule has 0 spiro atoms. The van der Waals surface area contributed by atoms with E-state index in [1.165, 1.54) is 17.7 Å². The fourth-order valence-corrected chi connectivity index (χ4v) is 6.53. The van der Waals surface area contributed by atoms with Crippen molar-refractivity contribution in [3.8, 4) is 11.1 Å². The lowest BCUT2D eigenvalue weighted by molar-refractivity contribution is -0.131. The first-order valence-electron chi connectivity index (χ1n) is 17.8. The number of aromatic nitrogens is 3. The summed E-state index contributed by atoms with van der Waals surface area (Å²) in [5, 5.41) is 14.0. The zero-order chi connectivity index (χ0) is 38.0. The normalized spacial score (nSPS) is 12.7. The van der Waals surface area contributed by atoms with Crippen LogP contribution in [0.4, 0.5) is 4.39 Å². The van der Waals surface area contributed by atoms with E-state index >= 15 is 0 Å². The third kappa shape index (κ3) is 10.2. The summed E-state index contributed by atoms with van der Waals surface area (Å²) in [6.45, 7) is 4.65. The Kier molecular flexibility index (Phi) is 14.2. The zero-order valence-electron chi connectivity index (χ0n) is 29.9. The fraction of sp³-hybridized carbons (Fsp3) is 0.317. The van der Waals surface area contributed by atoms with Crippen molar-refractivity contribution >= 4 is 40.1 Å². The number of hydrogen-bond donors (Lipinski definition) is 3. The molecule has 1 saturated heterocycles. The molecule has 6 rings (SSSR count). The molecule has 5 aromatic rings. The number of ether oxygens (including phenoxy) is 1. The van der Waals surface area contributed by atoms with Gasteiger partial charge < -0.3 is 25.2 Å². The number of fused-ring (bicyclic) bond motifs is 1. The average molecular weight is 770 g/mol. The second kappa shape index (κ2) is 19.2. The molecule has 0 radical (unpaired) electrons. The third-order valence-corrected chi connectivity index (χ3v) is 9.57. The molecule has 3 heterocycles. The van der Waals surface area contributed by atoms with E-state index in [1.54, 1.807) is 46.3 Å². The minimum atomic E-state index is -0.629. The molecule has 3 aromatic carbocycles. The Morgan fingerprint density at radius 1 is 0.891 bits per heavy atom. The maximum absolute atomic E-state index is 14.9. The molecule has 0 bridgehead atoms. The molecule has 288 valence electrons. The standard InChI is InChI=1S/C40H41ClFN7O5.CH4/c1-2-26-6-5-7-28(20-26)29-23-33(41)37(45-24-29)39(52)44-13-19-54-18-12-43-25-36(50)48-14-16-49(17-15-48)40(53)32-21-27(10-11-34(32)42)22-35-30-8-3-4-9-31(30)38(51)47-46-35;/h3-11,20-21,23-24,43H,2,12-19,22,25H2,1H3,(H,44,52)(H,47,51);1H4. The van der Waals surface area contributed by atoms with E-state index in [-0.39, 0.29) is 68.0 Å². The number of benzene rings is 3. The molecule has 1 fully saturated rings. The van der Waals surface area contributed by atoms with Crippen LogP contribution in [0.5, 0.6) is 0 Å². The van der Waals surface area contributed by atoms with Gasteiger partial charge in [0.05, 0.1) is 41.4 Å². The first-order chi connectivity index (χ1) is 26.2. The number of nitrogens with one attached hydrogen (secondary N) is 3. The van der Waals surface area contributed by atoms with Crippen molar-refractivity contribution in [1.29, 1.82) is 0 Å². The summed E-state index contributed by atoms with van der Waals surface area (Å²) in [6.07, 6.45) is 2.85. The van der Waals surface area contributed by atoms with Gasteiger partial charge in [-0.05, 0) is 47.4 Å². The molecule has 0 aliphatic carbocycles. The molecular formula is C41H45ClFN7O5. The molecular weight excluding hydrogens is 725 g/mol. The van der Waals surface area contributed by atoms with E-state index in [9.17, 15) is 23.6 Å². The summed E-state index contributed by atoms with van der Waals surface area (Å²) < 4.78 is 20.5. The van der Waals surface area contributed by atoms with E-state index in [0.29, 0.717) is 54.7 Å². The van der Waals surface area contributed by atoms with Gasteiger partial charge >= 0.3 is 0 Å². The van der Waals surface area contributed by atoms with Gasteiger partial charge in [-0.3, -0.25) is 19.2 Å². The SMILES string of the molecule is C.CCc1cccc(-c2cnc(C(=O)NCCOCCNCC(=O)N3CCN(C(=O)c4cc(Cc5n[nH]c(=O)c6ccccc56)ccc4F)CC3)c(Cl)c2)c1. The zero-order valence-corrected chi connectivity index (χ0v) is 30.6. The van der Waals surface area contributed by atoms with Gasteiger partial charge in [0.1, 0.15) is 11.5 Å². The molecule has 0 atom stereocenters. The quantitative estimate of drug-likeness (QED) is 0.135. The fourth-order valence-electron chi connectivity index (χ4n) is 6.28. The Bertz CT molecular complexity index is 2210. The number of rotatable bonds is 14. The van der Waals surface area contributed by atoms with Gasteiger partial charge in [0, 0.05) is 62.8 Å². The number of pyridine rings is 1. The number of H-pyrrole nitrogens is 1. The highest BCUT2D eigenvalue weighted by Gasteiger charge is 2.26. The largest absolute Gasteiger partial charge is 0.378 e. The van der Waals surface area contributed by atoms with Crippen molar-refractivity contribution in [3.05, 3.63) is 128 Å². The van der Waals surface area contributed by atoms with Crippen LogP contribution in [0.1, 0.15) is 52.0 Å². The molecule has 2 aromatic heterocycles. The minimum absolute atomic E-state index is 0. The second-order valence-corrected chi connectivity index (χ2v) is 13.3. The maximum atomic E-state index is 14.9. The molecule has 1 aliphatic heterocycles. The van der Waals surface area contributed by atoms with Crippen LogP contribution in [0.25, 0.3) is 21.9 Å². The summed E-state index contributed by atoms with van der Waals surface area (Å²) in [5.41, 5.74) is 4.11. The molecule has 3 N–H and O–H groups in total. The monoisotopic (exact) mass is 769 g/mol. The third-order valence-electron chi connectivity index (χ3n) is 9.28. The Balaban J connectivity index is 0.00000580. The maximum Gasteiger partial charge on any atom is 0.272 e. The number of aromatic amines is 1. The molecule has 0 saturated carbocycles. The summed E-state index contributed by atoms with van der Waals surface area (Å²) in [4.78, 5) is 58.4. The first-order valence-corrected chi connectivity index (χ1v) is 18.2. The topological polar surface area (TPSA) is 150 Å². The molecule has 14 heteroatoms. The summed E-state index contributed by atoms with van der Waals surface area (Å²) in [7, 11) is 0. The lowest BCUT2D eigenvalue weighted by atomic mass is 10.0. The van der Waals surface area contributed by atoms with Crippen LogP contribution >= 0.6 is 11.6 Å². The van der Waals surface area contributed by atoms with Crippen molar-refractivity contribution in [1.82, 2.24) is 35.6 Å². The lowest BCUT2D eigenvalue weighted by Crippen LogP contribution is -2.52. The summed E-state index contributed by atoms with van der Waals surface area (Å²) >= 11 is 6.39. The molecule has 1 aliphatic rings. The number of aryl methyl sites for hydroxylation is 1. The molecule has 3 amide bonds. The highest BCUT2D eigenvalue weighted by Crippen LogP contribution is 2.25. The summed E-state index contributed by atoms with van der Waals surface area (Å²) in [6, 6.07) is 21.3. The Hall–Kier alpha value is -5.50. The number of amides is 3. The van der Waals surface area contributed by atoms with Crippen LogP contribution in [0.2, 0.25) is 5.02 Å². The molecule has 55 heavy (non-hydrogen) atoms. The van der Waals surface area contributed by atoms with Crippen LogP contribution in [0, 0.1) is 5.82 Å². The van der Waals surface area contributed by atoms with E-state index in [2.05, 4.69) is 44.9 Å². The van der Waals surface area contributed by atoms with Gasteiger partial charge in [0.15, 0.2) is 0 Å². The number of carbonyl (C=O) groups is 3. The number of hydrogen-bond acceptors (Lipinski definition) is 8. The number of piperazine rings is 1. The van der Waals surface area contributed by atoms with Gasteiger partial charge in [-0.25, -0.2) is 14.5 Å². The van der Waals surface area contributed by atoms with Gasteiger partial charge in [-0.1, -0.05) is 74.5 Å². The van der Waals surface area contributed by atoms with Crippen LogP contribution < -0.4 is 16.2 Å². The van der Waals surface area contributed by atoms with Crippen LogP contribution in [0.3, 0.4) is 0 Å². The van der Waals surface area contributed by atoms with E-state index in [4.69, 9.17) is 16.3 Å². The van der Waals surface area contributed by atoms with Crippen molar-refractivity contribution in [2.45, 2.75) is 27.2 Å². The number of halogens is 2. The van der Waals surface area contributed by atoms with Crippen molar-refractivity contribution in [3.63, 3.8) is 0 Å². The van der Waals surface area contributed by atoms with E-state index in [1.807, 2.05) is 18.2 Å². The predicted molar refractivity (Wildman–Crippen MR) is 211 cm³/mol. The van der Waals surface area contributed by atoms with Crippen molar-refractivity contribution < 1.29 is 23.5 Å². The predicted octanol–water partition coefficient (Wildman–Crippen LogP) is 4.89. The van der Waals surface area contributed by atoms with Crippen LogP contribution in [0.15, 0.2) is 83.8 Å². The van der Waals surface area contributed by atoms with Crippen LogP contribution in [-0.2, 0) is 22.4 Å². The Labute approximate surface area is 324 Å². The Morgan fingerprint density at radius 3 is 2.40 bits per heavy atom. The highest BCUT2D eigenvalue weighted by molar-refractivity contribution is 6.33. The van der Waals surface area contributed by atoms with Crippen LogP contribution in [-0.4, -0.2) is 102 Å². The molecule has 12 nitrogen and oxygen atoms in total.